The SMILES string of the molecule is COc1ccc(CCN2C(=O)N[C@H](CCC(=O)Nc3ccccc3)C2=O)cc1OC. The Bertz CT molecular complexity index is 916. The Balaban J connectivity index is 1.51. The van der Waals surface area contributed by atoms with Gasteiger partial charge in [-0.05, 0) is 42.7 Å². The maximum Gasteiger partial charge on any atom is 0.324 e. The van der Waals surface area contributed by atoms with Crippen molar-refractivity contribution >= 4 is 23.5 Å². The van der Waals surface area contributed by atoms with E-state index in [0.717, 1.165) is 5.56 Å². The number of methoxy groups -OCH3 is 2. The topological polar surface area (TPSA) is 97.0 Å². The highest BCUT2D eigenvalue weighted by atomic mass is 16.5. The third-order valence-corrected chi connectivity index (χ3v) is 4.90. The lowest BCUT2D eigenvalue weighted by Crippen LogP contribution is -2.33. The van der Waals surface area contributed by atoms with Crippen LogP contribution in [0.4, 0.5) is 10.5 Å². The molecule has 4 amide bonds. The number of nitrogens with zero attached hydrogens (tertiary/aromatic N) is 1. The average molecular weight is 411 g/mol. The minimum atomic E-state index is -0.690. The fraction of sp³-hybridized carbons (Fsp3) is 0.318. The molecule has 158 valence electrons. The van der Waals surface area contributed by atoms with Gasteiger partial charge in [-0.2, -0.15) is 0 Å². The van der Waals surface area contributed by atoms with Crippen LogP contribution in [0, 0.1) is 0 Å². The smallest absolute Gasteiger partial charge is 0.324 e. The maximum atomic E-state index is 12.6. The summed E-state index contributed by atoms with van der Waals surface area (Å²) in [5.41, 5.74) is 1.61. The fourth-order valence-corrected chi connectivity index (χ4v) is 3.28. The van der Waals surface area contributed by atoms with Crippen LogP contribution in [0.15, 0.2) is 48.5 Å². The molecule has 0 unspecified atom stereocenters. The van der Waals surface area contributed by atoms with Crippen molar-refractivity contribution < 1.29 is 23.9 Å². The summed E-state index contributed by atoms with van der Waals surface area (Å²) in [6, 6.07) is 13.4. The quantitative estimate of drug-likeness (QED) is 0.618. The van der Waals surface area contributed by atoms with E-state index in [2.05, 4.69) is 10.6 Å². The number of carbonyl (C=O) groups is 3. The lowest BCUT2D eigenvalue weighted by atomic mass is 10.1. The van der Waals surface area contributed by atoms with Gasteiger partial charge in [-0.25, -0.2) is 4.79 Å². The summed E-state index contributed by atoms with van der Waals surface area (Å²) in [6.45, 7) is 0.243. The van der Waals surface area contributed by atoms with Crippen LogP contribution in [-0.4, -0.2) is 49.6 Å². The Morgan fingerprint density at radius 3 is 2.50 bits per heavy atom. The van der Waals surface area contributed by atoms with Crippen molar-refractivity contribution in [2.75, 3.05) is 26.1 Å². The number of hydrogen-bond donors (Lipinski definition) is 2. The van der Waals surface area contributed by atoms with Crippen molar-refractivity contribution in [3.63, 3.8) is 0 Å². The van der Waals surface area contributed by atoms with Crippen molar-refractivity contribution in [1.82, 2.24) is 10.2 Å². The fourth-order valence-electron chi connectivity index (χ4n) is 3.28. The molecule has 1 heterocycles. The molecule has 1 aliphatic heterocycles. The van der Waals surface area contributed by atoms with Crippen molar-refractivity contribution in [2.24, 2.45) is 0 Å². The number of anilines is 1. The zero-order valence-electron chi connectivity index (χ0n) is 17.0. The first-order chi connectivity index (χ1) is 14.5. The van der Waals surface area contributed by atoms with Crippen LogP contribution in [0.1, 0.15) is 18.4 Å². The van der Waals surface area contributed by atoms with E-state index in [4.69, 9.17) is 9.47 Å². The molecule has 2 N–H and O–H groups in total. The molecule has 1 fully saturated rings. The minimum absolute atomic E-state index is 0.134. The molecule has 3 rings (SSSR count). The summed E-state index contributed by atoms with van der Waals surface area (Å²) in [7, 11) is 3.11. The second-order valence-corrected chi connectivity index (χ2v) is 6.88. The van der Waals surface area contributed by atoms with Gasteiger partial charge < -0.3 is 20.1 Å². The van der Waals surface area contributed by atoms with Gasteiger partial charge >= 0.3 is 6.03 Å². The minimum Gasteiger partial charge on any atom is -0.493 e. The van der Waals surface area contributed by atoms with Gasteiger partial charge in [-0.3, -0.25) is 14.5 Å². The van der Waals surface area contributed by atoms with E-state index in [1.165, 1.54) is 4.90 Å². The van der Waals surface area contributed by atoms with Gasteiger partial charge in [-0.15, -0.1) is 0 Å². The zero-order chi connectivity index (χ0) is 21.5. The molecular formula is C22H25N3O5. The first-order valence-electron chi connectivity index (χ1n) is 9.69. The van der Waals surface area contributed by atoms with E-state index in [-0.39, 0.29) is 31.2 Å². The first kappa shape index (κ1) is 21.2. The molecule has 0 spiro atoms. The molecule has 1 atom stereocenters. The summed E-state index contributed by atoms with van der Waals surface area (Å²) in [6.07, 6.45) is 0.867. The van der Waals surface area contributed by atoms with Crippen LogP contribution < -0.4 is 20.1 Å². The molecule has 0 saturated carbocycles. The van der Waals surface area contributed by atoms with Gasteiger partial charge in [0.2, 0.25) is 5.91 Å². The largest absolute Gasteiger partial charge is 0.493 e. The first-order valence-corrected chi connectivity index (χ1v) is 9.69. The van der Waals surface area contributed by atoms with Crippen molar-refractivity contribution in [3.8, 4) is 11.5 Å². The van der Waals surface area contributed by atoms with E-state index in [1.54, 1.807) is 32.4 Å². The van der Waals surface area contributed by atoms with Crippen molar-refractivity contribution in [1.29, 1.82) is 0 Å². The van der Waals surface area contributed by atoms with Gasteiger partial charge in [0.05, 0.1) is 14.2 Å². The molecule has 1 saturated heterocycles. The molecule has 0 bridgehead atoms. The monoisotopic (exact) mass is 411 g/mol. The van der Waals surface area contributed by atoms with Crippen molar-refractivity contribution in [2.45, 2.75) is 25.3 Å². The van der Waals surface area contributed by atoms with Crippen molar-refractivity contribution in [3.05, 3.63) is 54.1 Å². The van der Waals surface area contributed by atoms with Gasteiger partial charge in [0, 0.05) is 18.7 Å². The standard InChI is InChI=1S/C22H25N3O5/c1-29-18-10-8-15(14-19(18)30-2)12-13-25-21(27)17(24-22(25)28)9-11-20(26)23-16-6-4-3-5-7-16/h3-8,10,14,17H,9,11-13H2,1-2H3,(H,23,26)(H,24,28)/t17-/m1/s1. The van der Waals surface area contributed by atoms with Crippen LogP contribution >= 0.6 is 0 Å². The van der Waals surface area contributed by atoms with Gasteiger partial charge in [0.15, 0.2) is 11.5 Å². The molecule has 0 aromatic heterocycles. The summed E-state index contributed by atoms with van der Waals surface area (Å²) < 4.78 is 10.5. The van der Waals surface area contributed by atoms with Crippen LogP contribution in [0.2, 0.25) is 0 Å². The normalized spacial score (nSPS) is 15.7. The second-order valence-electron chi connectivity index (χ2n) is 6.88. The number of para-hydroxylation sites is 1. The third kappa shape index (κ3) is 5.08. The molecule has 0 aliphatic carbocycles. The Kier molecular flexibility index (Phi) is 6.90. The van der Waals surface area contributed by atoms with Crippen LogP contribution in [0.25, 0.3) is 0 Å². The van der Waals surface area contributed by atoms with Gasteiger partial charge in [0.1, 0.15) is 6.04 Å². The number of carbonyl (C=O) groups excluding carboxylic acids is 3. The number of hydrogen-bond acceptors (Lipinski definition) is 5. The predicted molar refractivity (Wildman–Crippen MR) is 112 cm³/mol. The second kappa shape index (κ2) is 9.78. The van der Waals surface area contributed by atoms with Crippen LogP contribution in [0.5, 0.6) is 11.5 Å². The van der Waals surface area contributed by atoms with E-state index in [1.807, 2.05) is 30.3 Å². The molecule has 2 aromatic carbocycles. The molecular weight excluding hydrogens is 386 g/mol. The van der Waals surface area contributed by atoms with Crippen LogP contribution in [-0.2, 0) is 16.0 Å². The van der Waals surface area contributed by atoms with E-state index in [9.17, 15) is 14.4 Å². The van der Waals surface area contributed by atoms with E-state index < -0.39 is 12.1 Å². The number of imide groups is 1. The molecule has 2 aromatic rings. The summed E-state index contributed by atoms with van der Waals surface area (Å²) in [5, 5.41) is 5.43. The maximum absolute atomic E-state index is 12.6. The number of benzene rings is 2. The lowest BCUT2D eigenvalue weighted by molar-refractivity contribution is -0.127. The number of nitrogens with one attached hydrogen (secondary N) is 2. The lowest BCUT2D eigenvalue weighted by Gasteiger charge is -2.14. The van der Waals surface area contributed by atoms with E-state index >= 15 is 0 Å². The summed E-state index contributed by atoms with van der Waals surface area (Å²) in [5.74, 6) is 0.694. The third-order valence-electron chi connectivity index (χ3n) is 4.90. The molecule has 1 aliphatic rings. The molecule has 0 radical (unpaired) electrons. The Hall–Kier alpha value is -3.55. The highest BCUT2D eigenvalue weighted by Gasteiger charge is 2.37. The average Bonchev–Trinajstić information content (AvgIpc) is 3.03. The van der Waals surface area contributed by atoms with Crippen LogP contribution in [0.3, 0.4) is 0 Å². The highest BCUT2D eigenvalue weighted by Crippen LogP contribution is 2.28. The Morgan fingerprint density at radius 2 is 1.80 bits per heavy atom. The summed E-state index contributed by atoms with van der Waals surface area (Å²) >= 11 is 0. The predicted octanol–water partition coefficient (Wildman–Crippen LogP) is 2.59. The molecule has 30 heavy (non-hydrogen) atoms. The number of rotatable bonds is 9. The Morgan fingerprint density at radius 1 is 1.07 bits per heavy atom. The van der Waals surface area contributed by atoms with E-state index in [0.29, 0.717) is 23.6 Å². The zero-order valence-corrected chi connectivity index (χ0v) is 17.0. The Labute approximate surface area is 175 Å². The number of ether oxygens (including phenoxy) is 2. The summed E-state index contributed by atoms with van der Waals surface area (Å²) in [4.78, 5) is 38.1. The number of urea groups is 1. The van der Waals surface area contributed by atoms with Gasteiger partial charge in [0.25, 0.3) is 5.91 Å². The highest BCUT2D eigenvalue weighted by molar-refractivity contribution is 6.04. The number of amides is 4. The molecule has 8 nitrogen and oxygen atoms in total. The molecule has 8 heteroatoms. The van der Waals surface area contributed by atoms with Gasteiger partial charge in [-0.1, -0.05) is 24.3 Å².